The van der Waals surface area contributed by atoms with Crippen LogP contribution in [0, 0.1) is 0 Å². The third kappa shape index (κ3) is 3.18. The maximum atomic E-state index is 6.26. The maximum absolute atomic E-state index is 6.26. The molecule has 1 N–H and O–H groups in total. The van der Waals surface area contributed by atoms with Gasteiger partial charge in [0.15, 0.2) is 0 Å². The van der Waals surface area contributed by atoms with Crippen molar-refractivity contribution in [1.29, 1.82) is 0 Å². The highest BCUT2D eigenvalue weighted by atomic mass is 35.5. The summed E-state index contributed by atoms with van der Waals surface area (Å²) < 4.78 is 0. The van der Waals surface area contributed by atoms with Gasteiger partial charge in [0.25, 0.3) is 0 Å². The maximum Gasteiger partial charge on any atom is 0.0643 e. The standard InChI is InChI=1S/C14H11Cl4N/c1-19-14(9-3-2-4-12(17)13(9)18)10-7-8(15)5-6-11(10)16/h2-7,14,19H,1H3. The lowest BCUT2D eigenvalue weighted by molar-refractivity contribution is 0.692. The summed E-state index contributed by atoms with van der Waals surface area (Å²) in [5, 5.41) is 5.46. The second-order valence-electron chi connectivity index (χ2n) is 4.03. The predicted molar refractivity (Wildman–Crippen MR) is 83.8 cm³/mol. The van der Waals surface area contributed by atoms with E-state index in [0.717, 1.165) is 11.1 Å². The molecule has 0 amide bonds. The van der Waals surface area contributed by atoms with E-state index in [2.05, 4.69) is 5.32 Å². The average molecular weight is 335 g/mol. The van der Waals surface area contributed by atoms with Gasteiger partial charge in [0, 0.05) is 10.0 Å². The molecule has 0 aliphatic rings. The molecule has 0 heterocycles. The summed E-state index contributed by atoms with van der Waals surface area (Å²) in [4.78, 5) is 0. The number of benzene rings is 2. The highest BCUT2D eigenvalue weighted by Gasteiger charge is 2.19. The highest BCUT2D eigenvalue weighted by molar-refractivity contribution is 6.42. The van der Waals surface area contributed by atoms with Crippen LogP contribution >= 0.6 is 46.4 Å². The number of nitrogens with one attached hydrogen (secondary N) is 1. The summed E-state index contributed by atoms with van der Waals surface area (Å²) in [6.07, 6.45) is 0. The Morgan fingerprint density at radius 3 is 2.32 bits per heavy atom. The van der Waals surface area contributed by atoms with Crippen molar-refractivity contribution in [3.8, 4) is 0 Å². The van der Waals surface area contributed by atoms with E-state index in [1.807, 2.05) is 25.2 Å². The smallest absolute Gasteiger partial charge is 0.0643 e. The molecule has 2 rings (SSSR count). The third-order valence-corrected chi connectivity index (χ3v) is 4.26. The summed E-state index contributed by atoms with van der Waals surface area (Å²) >= 11 is 24.6. The van der Waals surface area contributed by atoms with Gasteiger partial charge in [-0.05, 0) is 42.4 Å². The van der Waals surface area contributed by atoms with Crippen LogP contribution in [0.25, 0.3) is 0 Å². The van der Waals surface area contributed by atoms with Crippen LogP contribution in [-0.2, 0) is 0 Å². The Hall–Kier alpha value is -0.440. The Balaban J connectivity index is 2.56. The van der Waals surface area contributed by atoms with Crippen LogP contribution in [0.3, 0.4) is 0 Å². The first-order valence-electron chi connectivity index (χ1n) is 5.60. The van der Waals surface area contributed by atoms with Gasteiger partial charge in [-0.2, -0.15) is 0 Å². The second kappa shape index (κ2) is 6.34. The lowest BCUT2D eigenvalue weighted by Crippen LogP contribution is -2.18. The summed E-state index contributed by atoms with van der Waals surface area (Å²) in [7, 11) is 1.83. The van der Waals surface area contributed by atoms with E-state index < -0.39 is 0 Å². The number of hydrogen-bond acceptors (Lipinski definition) is 1. The molecule has 1 atom stereocenters. The number of rotatable bonds is 3. The van der Waals surface area contributed by atoms with Gasteiger partial charge in [0.1, 0.15) is 0 Å². The second-order valence-corrected chi connectivity index (χ2v) is 5.66. The molecule has 0 aliphatic heterocycles. The first-order valence-corrected chi connectivity index (χ1v) is 7.12. The van der Waals surface area contributed by atoms with Gasteiger partial charge < -0.3 is 5.32 Å². The van der Waals surface area contributed by atoms with Crippen LogP contribution in [0.5, 0.6) is 0 Å². The van der Waals surface area contributed by atoms with Crippen LogP contribution in [0.2, 0.25) is 20.1 Å². The minimum absolute atomic E-state index is 0.169. The van der Waals surface area contributed by atoms with E-state index in [1.54, 1.807) is 18.2 Å². The van der Waals surface area contributed by atoms with E-state index in [9.17, 15) is 0 Å². The fourth-order valence-electron chi connectivity index (χ4n) is 1.96. The minimum Gasteiger partial charge on any atom is -0.309 e. The Kier molecular flexibility index (Phi) is 4.99. The van der Waals surface area contributed by atoms with Crippen LogP contribution in [0.15, 0.2) is 36.4 Å². The Labute approximate surface area is 132 Å². The summed E-state index contributed by atoms with van der Waals surface area (Å²) in [6.45, 7) is 0. The molecule has 2 aromatic rings. The lowest BCUT2D eigenvalue weighted by atomic mass is 9.98. The van der Waals surface area contributed by atoms with Crippen molar-refractivity contribution in [3.63, 3.8) is 0 Å². The van der Waals surface area contributed by atoms with Crippen molar-refractivity contribution in [1.82, 2.24) is 5.32 Å². The Bertz CT molecular complexity index is 596. The van der Waals surface area contributed by atoms with E-state index >= 15 is 0 Å². The molecule has 0 aliphatic carbocycles. The van der Waals surface area contributed by atoms with Crippen LogP contribution in [0.1, 0.15) is 17.2 Å². The SMILES string of the molecule is CNC(c1cc(Cl)ccc1Cl)c1cccc(Cl)c1Cl. The van der Waals surface area contributed by atoms with E-state index in [1.165, 1.54) is 0 Å². The van der Waals surface area contributed by atoms with Gasteiger partial charge >= 0.3 is 0 Å². The van der Waals surface area contributed by atoms with Crippen LogP contribution in [0.4, 0.5) is 0 Å². The molecule has 0 bridgehead atoms. The van der Waals surface area contributed by atoms with Crippen molar-refractivity contribution in [2.45, 2.75) is 6.04 Å². The summed E-state index contributed by atoms with van der Waals surface area (Å²) in [5.74, 6) is 0. The molecule has 0 spiro atoms. The zero-order valence-corrected chi connectivity index (χ0v) is 13.1. The van der Waals surface area contributed by atoms with Crippen LogP contribution in [-0.4, -0.2) is 7.05 Å². The monoisotopic (exact) mass is 333 g/mol. The first kappa shape index (κ1) is 15.0. The molecule has 19 heavy (non-hydrogen) atoms. The van der Waals surface area contributed by atoms with Gasteiger partial charge in [-0.15, -0.1) is 0 Å². The Morgan fingerprint density at radius 2 is 1.63 bits per heavy atom. The molecular formula is C14H11Cl4N. The van der Waals surface area contributed by atoms with Gasteiger partial charge in [-0.1, -0.05) is 58.5 Å². The molecule has 1 unspecified atom stereocenters. The quantitative estimate of drug-likeness (QED) is 0.769. The van der Waals surface area contributed by atoms with E-state index in [0.29, 0.717) is 20.1 Å². The van der Waals surface area contributed by atoms with E-state index in [4.69, 9.17) is 46.4 Å². The van der Waals surface area contributed by atoms with E-state index in [-0.39, 0.29) is 6.04 Å². The average Bonchev–Trinajstić information content (AvgIpc) is 2.39. The van der Waals surface area contributed by atoms with Gasteiger partial charge in [0.2, 0.25) is 0 Å². The molecule has 5 heteroatoms. The normalized spacial score (nSPS) is 12.5. The van der Waals surface area contributed by atoms with Crippen molar-refractivity contribution in [3.05, 3.63) is 67.6 Å². The van der Waals surface area contributed by atoms with Crippen molar-refractivity contribution >= 4 is 46.4 Å². The zero-order valence-electron chi connectivity index (χ0n) is 10.1. The molecule has 2 aromatic carbocycles. The Morgan fingerprint density at radius 1 is 0.895 bits per heavy atom. The number of hydrogen-bond donors (Lipinski definition) is 1. The van der Waals surface area contributed by atoms with Crippen LogP contribution < -0.4 is 5.32 Å². The molecular weight excluding hydrogens is 324 g/mol. The predicted octanol–water partition coefficient (Wildman–Crippen LogP) is 5.61. The summed E-state index contributed by atoms with van der Waals surface area (Å²) in [5.41, 5.74) is 1.72. The van der Waals surface area contributed by atoms with Crippen molar-refractivity contribution in [2.24, 2.45) is 0 Å². The molecule has 0 radical (unpaired) electrons. The molecule has 0 saturated carbocycles. The molecule has 100 valence electrons. The lowest BCUT2D eigenvalue weighted by Gasteiger charge is -2.20. The highest BCUT2D eigenvalue weighted by Crippen LogP contribution is 2.36. The minimum atomic E-state index is -0.169. The van der Waals surface area contributed by atoms with Crippen molar-refractivity contribution < 1.29 is 0 Å². The topological polar surface area (TPSA) is 12.0 Å². The zero-order chi connectivity index (χ0) is 14.0. The molecule has 0 fully saturated rings. The molecule has 0 aromatic heterocycles. The first-order chi connectivity index (χ1) is 9.04. The molecule has 1 nitrogen and oxygen atoms in total. The largest absolute Gasteiger partial charge is 0.309 e. The van der Waals surface area contributed by atoms with Crippen molar-refractivity contribution in [2.75, 3.05) is 7.05 Å². The van der Waals surface area contributed by atoms with Gasteiger partial charge in [-0.3, -0.25) is 0 Å². The molecule has 0 saturated heterocycles. The fourth-order valence-corrected chi connectivity index (χ4v) is 2.78. The fraction of sp³-hybridized carbons (Fsp3) is 0.143. The van der Waals surface area contributed by atoms with Gasteiger partial charge in [0.05, 0.1) is 16.1 Å². The number of halogens is 4. The third-order valence-electron chi connectivity index (χ3n) is 2.85. The summed E-state index contributed by atoms with van der Waals surface area (Å²) in [6, 6.07) is 10.7. The van der Waals surface area contributed by atoms with Gasteiger partial charge in [-0.25, -0.2) is 0 Å².